The molecule has 0 spiro atoms. The molecule has 0 bridgehead atoms. The Morgan fingerprint density at radius 3 is 2.93 bits per heavy atom. The molecule has 0 amide bonds. The molecular formula is C11H15N3O. The maximum absolute atomic E-state index is 5.86. The van der Waals surface area contributed by atoms with Gasteiger partial charge < -0.3 is 10.2 Å². The summed E-state index contributed by atoms with van der Waals surface area (Å²) in [5.74, 6) is 1.27. The Hall–Kier alpha value is -1.71. The predicted molar refractivity (Wildman–Crippen MR) is 59.2 cm³/mol. The van der Waals surface area contributed by atoms with Gasteiger partial charge in [-0.2, -0.15) is 5.10 Å². The smallest absolute Gasteiger partial charge is 0.156 e. The molecule has 0 saturated heterocycles. The second kappa shape index (κ2) is 3.81. The Kier molecular flexibility index (Phi) is 2.49. The van der Waals surface area contributed by atoms with E-state index in [4.69, 9.17) is 10.2 Å². The Morgan fingerprint density at radius 1 is 1.53 bits per heavy atom. The number of furan rings is 1. The summed E-state index contributed by atoms with van der Waals surface area (Å²) >= 11 is 0. The van der Waals surface area contributed by atoms with Crippen LogP contribution in [0.4, 0.5) is 5.69 Å². The van der Waals surface area contributed by atoms with Crippen LogP contribution < -0.4 is 5.73 Å². The van der Waals surface area contributed by atoms with Crippen molar-refractivity contribution in [3.8, 4) is 11.5 Å². The second-order valence-corrected chi connectivity index (χ2v) is 4.03. The fourth-order valence-corrected chi connectivity index (χ4v) is 1.51. The van der Waals surface area contributed by atoms with E-state index in [1.165, 1.54) is 0 Å². The van der Waals surface area contributed by atoms with Gasteiger partial charge in [-0.1, -0.05) is 13.8 Å². The van der Waals surface area contributed by atoms with Crippen molar-refractivity contribution < 1.29 is 4.42 Å². The third-order valence-corrected chi connectivity index (χ3v) is 2.10. The summed E-state index contributed by atoms with van der Waals surface area (Å²) in [5, 5.41) is 4.39. The number of nitrogen functional groups attached to an aromatic ring is 1. The first-order valence-corrected chi connectivity index (χ1v) is 5.03. The van der Waals surface area contributed by atoms with Crippen LogP contribution in [-0.4, -0.2) is 9.78 Å². The molecule has 0 aliphatic heterocycles. The quantitative estimate of drug-likeness (QED) is 0.836. The standard InChI is InChI=1S/C11H15N3O/c1-8(2)6-14-7-9(12)11(13-14)10-4-3-5-15-10/h3-5,7-8H,6,12H2,1-2H3. The normalized spacial score (nSPS) is 11.1. The highest BCUT2D eigenvalue weighted by Gasteiger charge is 2.11. The number of anilines is 1. The molecule has 0 atom stereocenters. The van der Waals surface area contributed by atoms with Gasteiger partial charge in [0.15, 0.2) is 11.5 Å². The molecule has 80 valence electrons. The number of aromatic nitrogens is 2. The first-order valence-electron chi connectivity index (χ1n) is 5.03. The lowest BCUT2D eigenvalue weighted by Crippen LogP contribution is -2.04. The third-order valence-electron chi connectivity index (χ3n) is 2.10. The van der Waals surface area contributed by atoms with Gasteiger partial charge in [-0.25, -0.2) is 0 Å². The van der Waals surface area contributed by atoms with Crippen LogP contribution in [0, 0.1) is 5.92 Å². The van der Waals surface area contributed by atoms with Crippen molar-refractivity contribution in [2.24, 2.45) is 5.92 Å². The minimum absolute atomic E-state index is 0.550. The SMILES string of the molecule is CC(C)Cn1cc(N)c(-c2ccco2)n1. The number of hydrogen-bond donors (Lipinski definition) is 1. The van der Waals surface area contributed by atoms with Crippen molar-refractivity contribution >= 4 is 5.69 Å². The molecule has 2 rings (SSSR count). The summed E-state index contributed by atoms with van der Waals surface area (Å²) in [6.45, 7) is 5.15. The van der Waals surface area contributed by atoms with Crippen molar-refractivity contribution in [2.45, 2.75) is 20.4 Å². The molecule has 0 aromatic carbocycles. The molecule has 4 heteroatoms. The highest BCUT2D eigenvalue weighted by molar-refractivity contribution is 5.67. The van der Waals surface area contributed by atoms with E-state index in [9.17, 15) is 0 Å². The van der Waals surface area contributed by atoms with Crippen LogP contribution in [0.2, 0.25) is 0 Å². The van der Waals surface area contributed by atoms with Crippen molar-refractivity contribution in [1.29, 1.82) is 0 Å². The highest BCUT2D eigenvalue weighted by Crippen LogP contribution is 2.24. The van der Waals surface area contributed by atoms with E-state index in [-0.39, 0.29) is 0 Å². The largest absolute Gasteiger partial charge is 0.463 e. The molecule has 0 fully saturated rings. The molecule has 2 heterocycles. The number of rotatable bonds is 3. The van der Waals surface area contributed by atoms with Crippen LogP contribution in [0.5, 0.6) is 0 Å². The van der Waals surface area contributed by atoms with Crippen molar-refractivity contribution in [1.82, 2.24) is 9.78 Å². The van der Waals surface area contributed by atoms with E-state index in [1.807, 2.05) is 23.0 Å². The van der Waals surface area contributed by atoms with Gasteiger partial charge >= 0.3 is 0 Å². The Bertz CT molecular complexity index is 429. The van der Waals surface area contributed by atoms with Gasteiger partial charge in [0.25, 0.3) is 0 Å². The molecule has 0 saturated carbocycles. The van der Waals surface area contributed by atoms with Gasteiger partial charge in [-0.3, -0.25) is 4.68 Å². The molecule has 4 nitrogen and oxygen atoms in total. The summed E-state index contributed by atoms with van der Waals surface area (Å²) in [7, 11) is 0. The van der Waals surface area contributed by atoms with Crippen LogP contribution in [-0.2, 0) is 6.54 Å². The Morgan fingerprint density at radius 2 is 2.33 bits per heavy atom. The van der Waals surface area contributed by atoms with Crippen LogP contribution in [0.3, 0.4) is 0 Å². The average molecular weight is 205 g/mol. The maximum Gasteiger partial charge on any atom is 0.156 e. The maximum atomic E-state index is 5.86. The highest BCUT2D eigenvalue weighted by atomic mass is 16.3. The fraction of sp³-hybridized carbons (Fsp3) is 0.364. The van der Waals surface area contributed by atoms with Crippen LogP contribution >= 0.6 is 0 Å². The van der Waals surface area contributed by atoms with Crippen LogP contribution in [0.1, 0.15) is 13.8 Å². The van der Waals surface area contributed by atoms with Gasteiger partial charge in [0.1, 0.15) is 0 Å². The lowest BCUT2D eigenvalue weighted by atomic mass is 10.2. The molecule has 2 aromatic rings. The third kappa shape index (κ3) is 2.03. The molecular weight excluding hydrogens is 190 g/mol. The first-order chi connectivity index (χ1) is 7.16. The first kappa shape index (κ1) is 9.83. The van der Waals surface area contributed by atoms with Crippen molar-refractivity contribution in [3.63, 3.8) is 0 Å². The van der Waals surface area contributed by atoms with E-state index in [0.29, 0.717) is 11.6 Å². The monoisotopic (exact) mass is 205 g/mol. The van der Waals surface area contributed by atoms with Crippen molar-refractivity contribution in [2.75, 3.05) is 5.73 Å². The summed E-state index contributed by atoms with van der Waals surface area (Å²) in [6.07, 6.45) is 3.47. The van der Waals surface area contributed by atoms with Gasteiger partial charge in [-0.15, -0.1) is 0 Å². The number of hydrogen-bond acceptors (Lipinski definition) is 3. The Labute approximate surface area is 88.7 Å². The summed E-state index contributed by atoms with van der Waals surface area (Å²) in [6, 6.07) is 3.69. The fourth-order valence-electron chi connectivity index (χ4n) is 1.51. The van der Waals surface area contributed by atoms with Gasteiger partial charge in [-0.05, 0) is 18.1 Å². The van der Waals surface area contributed by atoms with Crippen LogP contribution in [0.15, 0.2) is 29.0 Å². The number of nitrogens with zero attached hydrogens (tertiary/aromatic N) is 2. The molecule has 0 radical (unpaired) electrons. The van der Waals surface area contributed by atoms with E-state index in [1.54, 1.807) is 6.26 Å². The lowest BCUT2D eigenvalue weighted by Gasteiger charge is -2.03. The van der Waals surface area contributed by atoms with Gasteiger partial charge in [0.2, 0.25) is 0 Å². The van der Waals surface area contributed by atoms with E-state index in [0.717, 1.165) is 18.0 Å². The molecule has 0 aliphatic carbocycles. The van der Waals surface area contributed by atoms with Gasteiger partial charge in [0, 0.05) is 12.7 Å². The lowest BCUT2D eigenvalue weighted by molar-refractivity contribution is 0.482. The second-order valence-electron chi connectivity index (χ2n) is 4.03. The Balaban J connectivity index is 2.30. The average Bonchev–Trinajstić information content (AvgIpc) is 2.72. The molecule has 15 heavy (non-hydrogen) atoms. The zero-order valence-corrected chi connectivity index (χ0v) is 8.97. The zero-order valence-electron chi connectivity index (χ0n) is 8.97. The minimum atomic E-state index is 0.550. The summed E-state index contributed by atoms with van der Waals surface area (Å²) < 4.78 is 7.12. The molecule has 2 N–H and O–H groups in total. The van der Waals surface area contributed by atoms with Crippen LogP contribution in [0.25, 0.3) is 11.5 Å². The molecule has 0 aliphatic rings. The topological polar surface area (TPSA) is 57.0 Å². The van der Waals surface area contributed by atoms with E-state index >= 15 is 0 Å². The molecule has 2 aromatic heterocycles. The predicted octanol–water partition coefficient (Wildman–Crippen LogP) is 2.38. The van der Waals surface area contributed by atoms with Crippen molar-refractivity contribution in [3.05, 3.63) is 24.6 Å². The van der Waals surface area contributed by atoms with E-state index < -0.39 is 0 Å². The number of nitrogens with two attached hydrogens (primary N) is 1. The van der Waals surface area contributed by atoms with Gasteiger partial charge in [0.05, 0.1) is 12.0 Å². The summed E-state index contributed by atoms with van der Waals surface area (Å²) in [4.78, 5) is 0. The zero-order chi connectivity index (χ0) is 10.8. The molecule has 0 unspecified atom stereocenters. The summed E-state index contributed by atoms with van der Waals surface area (Å²) in [5.41, 5.74) is 7.25. The van der Waals surface area contributed by atoms with E-state index in [2.05, 4.69) is 18.9 Å². The minimum Gasteiger partial charge on any atom is -0.463 e.